The van der Waals surface area contributed by atoms with Crippen LogP contribution in [0.5, 0.6) is 0 Å². The summed E-state index contributed by atoms with van der Waals surface area (Å²) < 4.78 is 4.71. The smallest absolute Gasteiger partial charge is 0.337 e. The van der Waals surface area contributed by atoms with Crippen molar-refractivity contribution in [2.24, 2.45) is 0 Å². The lowest BCUT2D eigenvalue weighted by molar-refractivity contribution is 0.0601. The molecule has 1 aliphatic rings. The third kappa shape index (κ3) is 2.93. The second-order valence-corrected chi connectivity index (χ2v) is 6.19. The van der Waals surface area contributed by atoms with E-state index in [0.717, 1.165) is 17.9 Å². The van der Waals surface area contributed by atoms with Crippen molar-refractivity contribution in [3.63, 3.8) is 0 Å². The first-order valence-electron chi connectivity index (χ1n) is 5.88. The first-order chi connectivity index (χ1) is 8.61. The van der Waals surface area contributed by atoms with Crippen molar-refractivity contribution >= 4 is 35.0 Å². The van der Waals surface area contributed by atoms with Gasteiger partial charge in [-0.25, -0.2) is 4.79 Å². The van der Waals surface area contributed by atoms with Crippen molar-refractivity contribution in [1.29, 1.82) is 0 Å². The summed E-state index contributed by atoms with van der Waals surface area (Å²) in [6.45, 7) is 2.20. The quantitative estimate of drug-likeness (QED) is 0.864. The van der Waals surface area contributed by atoms with Gasteiger partial charge < -0.3 is 10.1 Å². The summed E-state index contributed by atoms with van der Waals surface area (Å²) in [6, 6.07) is 5.55. The summed E-state index contributed by atoms with van der Waals surface area (Å²) in [5.74, 6) is 0.816. The van der Waals surface area contributed by atoms with Crippen LogP contribution >= 0.6 is 23.4 Å². The van der Waals surface area contributed by atoms with Gasteiger partial charge in [0.05, 0.1) is 23.4 Å². The second-order valence-electron chi connectivity index (χ2n) is 4.30. The van der Waals surface area contributed by atoms with E-state index in [9.17, 15) is 4.79 Å². The first-order valence-corrected chi connectivity index (χ1v) is 7.30. The predicted octanol–water partition coefficient (Wildman–Crippen LogP) is 3.43. The standard InChI is InChI=1S/C13H16ClNO2S/c1-8-11(5-6-18-8)15-12-7-9(13(16)17-2)3-4-10(12)14/h3-4,7-8,11,15H,5-6H2,1-2H3. The van der Waals surface area contributed by atoms with Gasteiger partial charge in [0.15, 0.2) is 0 Å². The van der Waals surface area contributed by atoms with Crippen molar-refractivity contribution in [3.05, 3.63) is 28.8 Å². The molecule has 0 amide bonds. The third-order valence-corrected chi connectivity index (χ3v) is 4.76. The van der Waals surface area contributed by atoms with Gasteiger partial charge in [-0.05, 0) is 30.4 Å². The zero-order valence-corrected chi connectivity index (χ0v) is 12.0. The third-order valence-electron chi connectivity index (χ3n) is 3.10. The van der Waals surface area contributed by atoms with Gasteiger partial charge in [0.2, 0.25) is 0 Å². The summed E-state index contributed by atoms with van der Waals surface area (Å²) in [7, 11) is 1.37. The number of carbonyl (C=O) groups is 1. The fourth-order valence-electron chi connectivity index (χ4n) is 2.00. The summed E-state index contributed by atoms with van der Waals surface area (Å²) in [5, 5.41) is 4.61. The topological polar surface area (TPSA) is 38.3 Å². The van der Waals surface area contributed by atoms with E-state index in [1.54, 1.807) is 18.2 Å². The lowest BCUT2D eigenvalue weighted by atomic mass is 10.1. The Labute approximate surface area is 116 Å². The molecular weight excluding hydrogens is 270 g/mol. The average Bonchev–Trinajstić information content (AvgIpc) is 2.77. The molecule has 1 saturated heterocycles. The molecular formula is C13H16ClNO2S. The summed E-state index contributed by atoms with van der Waals surface area (Å²) >= 11 is 8.10. The summed E-state index contributed by atoms with van der Waals surface area (Å²) in [5.41, 5.74) is 1.32. The maximum atomic E-state index is 11.5. The van der Waals surface area contributed by atoms with E-state index in [1.165, 1.54) is 7.11 Å². The number of hydrogen-bond acceptors (Lipinski definition) is 4. The number of benzene rings is 1. The van der Waals surface area contributed by atoms with E-state index in [1.807, 2.05) is 11.8 Å². The van der Waals surface area contributed by atoms with Crippen LogP contribution in [-0.4, -0.2) is 30.1 Å². The number of nitrogens with one attached hydrogen (secondary N) is 1. The first kappa shape index (κ1) is 13.6. The maximum absolute atomic E-state index is 11.5. The largest absolute Gasteiger partial charge is 0.465 e. The summed E-state index contributed by atoms with van der Waals surface area (Å²) in [4.78, 5) is 11.5. The molecule has 2 atom stereocenters. The van der Waals surface area contributed by atoms with Crippen molar-refractivity contribution in [3.8, 4) is 0 Å². The van der Waals surface area contributed by atoms with Gasteiger partial charge >= 0.3 is 5.97 Å². The number of thioether (sulfide) groups is 1. The van der Waals surface area contributed by atoms with Crippen LogP contribution < -0.4 is 5.32 Å². The number of hydrogen-bond donors (Lipinski definition) is 1. The van der Waals surface area contributed by atoms with Gasteiger partial charge in [-0.3, -0.25) is 0 Å². The highest BCUT2D eigenvalue weighted by Gasteiger charge is 2.24. The van der Waals surface area contributed by atoms with Gasteiger partial charge in [-0.2, -0.15) is 11.8 Å². The zero-order chi connectivity index (χ0) is 13.1. The fraction of sp³-hybridized carbons (Fsp3) is 0.462. The number of esters is 1. The fourth-order valence-corrected chi connectivity index (χ4v) is 3.37. The Hall–Kier alpha value is -0.870. The number of anilines is 1. The Kier molecular flexibility index (Phi) is 4.40. The van der Waals surface area contributed by atoms with Crippen LogP contribution in [0.1, 0.15) is 23.7 Å². The molecule has 98 valence electrons. The van der Waals surface area contributed by atoms with Crippen molar-refractivity contribution in [2.45, 2.75) is 24.6 Å². The van der Waals surface area contributed by atoms with E-state index in [2.05, 4.69) is 12.2 Å². The minimum Gasteiger partial charge on any atom is -0.465 e. The van der Waals surface area contributed by atoms with Gasteiger partial charge in [0.25, 0.3) is 0 Å². The molecule has 0 aliphatic carbocycles. The Morgan fingerprint density at radius 1 is 1.56 bits per heavy atom. The molecule has 0 bridgehead atoms. The second kappa shape index (κ2) is 5.85. The van der Waals surface area contributed by atoms with E-state index >= 15 is 0 Å². The van der Waals surface area contributed by atoms with Crippen LogP contribution in [-0.2, 0) is 4.74 Å². The molecule has 18 heavy (non-hydrogen) atoms. The Bertz CT molecular complexity index is 453. The molecule has 1 heterocycles. The molecule has 2 unspecified atom stereocenters. The number of methoxy groups -OCH3 is 1. The van der Waals surface area contributed by atoms with Gasteiger partial charge in [-0.15, -0.1) is 0 Å². The highest BCUT2D eigenvalue weighted by atomic mass is 35.5. The van der Waals surface area contributed by atoms with Gasteiger partial charge in [0.1, 0.15) is 0 Å². The van der Waals surface area contributed by atoms with E-state index in [4.69, 9.17) is 16.3 Å². The van der Waals surface area contributed by atoms with E-state index < -0.39 is 0 Å². The van der Waals surface area contributed by atoms with E-state index in [0.29, 0.717) is 21.9 Å². The Balaban J connectivity index is 2.18. The molecule has 1 N–H and O–H groups in total. The molecule has 1 fully saturated rings. The predicted molar refractivity (Wildman–Crippen MR) is 76.7 cm³/mol. The van der Waals surface area contributed by atoms with Crippen LogP contribution in [0, 0.1) is 0 Å². The zero-order valence-electron chi connectivity index (χ0n) is 10.4. The lowest BCUT2D eigenvalue weighted by Gasteiger charge is -2.19. The molecule has 1 aromatic carbocycles. The van der Waals surface area contributed by atoms with Crippen LogP contribution in [0.25, 0.3) is 0 Å². The molecule has 0 radical (unpaired) electrons. The highest BCUT2D eigenvalue weighted by molar-refractivity contribution is 8.00. The van der Waals surface area contributed by atoms with Crippen LogP contribution in [0.15, 0.2) is 18.2 Å². The molecule has 1 aromatic rings. The number of rotatable bonds is 3. The molecule has 3 nitrogen and oxygen atoms in total. The number of halogens is 1. The molecule has 0 saturated carbocycles. The average molecular weight is 286 g/mol. The molecule has 0 spiro atoms. The highest BCUT2D eigenvalue weighted by Crippen LogP contribution is 2.31. The molecule has 0 aromatic heterocycles. The van der Waals surface area contributed by atoms with Crippen LogP contribution in [0.3, 0.4) is 0 Å². The van der Waals surface area contributed by atoms with Crippen LogP contribution in [0.2, 0.25) is 5.02 Å². The number of carbonyl (C=O) groups excluding carboxylic acids is 1. The minimum absolute atomic E-state index is 0.344. The lowest BCUT2D eigenvalue weighted by Crippen LogP contribution is -2.25. The van der Waals surface area contributed by atoms with Crippen molar-refractivity contribution in [1.82, 2.24) is 0 Å². The van der Waals surface area contributed by atoms with Gasteiger partial charge in [-0.1, -0.05) is 18.5 Å². The number of ether oxygens (including phenoxy) is 1. The Morgan fingerprint density at radius 2 is 2.33 bits per heavy atom. The molecule has 5 heteroatoms. The molecule has 2 rings (SSSR count). The molecule has 1 aliphatic heterocycles. The minimum atomic E-state index is -0.344. The van der Waals surface area contributed by atoms with Crippen molar-refractivity contribution in [2.75, 3.05) is 18.2 Å². The Morgan fingerprint density at radius 3 is 2.94 bits per heavy atom. The SMILES string of the molecule is COC(=O)c1ccc(Cl)c(NC2CCSC2C)c1. The summed E-state index contributed by atoms with van der Waals surface area (Å²) in [6.07, 6.45) is 1.12. The maximum Gasteiger partial charge on any atom is 0.337 e. The monoisotopic (exact) mass is 285 g/mol. The van der Waals surface area contributed by atoms with E-state index in [-0.39, 0.29) is 5.97 Å². The van der Waals surface area contributed by atoms with Crippen molar-refractivity contribution < 1.29 is 9.53 Å². The van der Waals surface area contributed by atoms with Gasteiger partial charge in [0, 0.05) is 11.3 Å². The normalized spacial score (nSPS) is 22.8. The van der Waals surface area contributed by atoms with Crippen LogP contribution in [0.4, 0.5) is 5.69 Å².